The summed E-state index contributed by atoms with van der Waals surface area (Å²) in [7, 11) is 0. The van der Waals surface area contributed by atoms with Crippen LogP contribution in [-0.4, -0.2) is 35.0 Å². The number of carboxylic acid groups (broad SMARTS) is 1. The molecule has 0 spiro atoms. The summed E-state index contributed by atoms with van der Waals surface area (Å²) in [5, 5.41) is 8.94. The minimum Gasteiger partial charge on any atom is -0.481 e. The molecule has 0 radical (unpaired) electrons. The van der Waals surface area contributed by atoms with Gasteiger partial charge in [-0.2, -0.15) is 0 Å². The third-order valence-electron chi connectivity index (χ3n) is 3.91. The van der Waals surface area contributed by atoms with Crippen LogP contribution in [0.15, 0.2) is 24.3 Å². The van der Waals surface area contributed by atoms with Gasteiger partial charge in [-0.05, 0) is 31.7 Å². The highest BCUT2D eigenvalue weighted by Gasteiger charge is 2.26. The first-order valence-corrected chi connectivity index (χ1v) is 7.12. The smallest absolute Gasteiger partial charge is 0.306 e. The molecule has 0 aromatic heterocycles. The van der Waals surface area contributed by atoms with E-state index in [0.29, 0.717) is 32.4 Å². The van der Waals surface area contributed by atoms with E-state index >= 15 is 0 Å². The molecule has 4 heteroatoms. The van der Waals surface area contributed by atoms with Gasteiger partial charge in [0.05, 0.1) is 5.92 Å². The van der Waals surface area contributed by atoms with Crippen molar-refractivity contribution in [3.8, 4) is 0 Å². The van der Waals surface area contributed by atoms with Gasteiger partial charge in [0.25, 0.3) is 0 Å². The monoisotopic (exact) mass is 275 g/mol. The second kappa shape index (κ2) is 6.55. The van der Waals surface area contributed by atoms with Gasteiger partial charge in [-0.25, -0.2) is 0 Å². The summed E-state index contributed by atoms with van der Waals surface area (Å²) < 4.78 is 0. The van der Waals surface area contributed by atoms with Crippen molar-refractivity contribution in [3.05, 3.63) is 35.4 Å². The zero-order chi connectivity index (χ0) is 14.5. The van der Waals surface area contributed by atoms with E-state index < -0.39 is 5.97 Å². The summed E-state index contributed by atoms with van der Waals surface area (Å²) in [4.78, 5) is 24.8. The lowest BCUT2D eigenvalue weighted by molar-refractivity contribution is -0.145. The summed E-state index contributed by atoms with van der Waals surface area (Å²) in [6.07, 6.45) is 2.40. The summed E-state index contributed by atoms with van der Waals surface area (Å²) >= 11 is 0. The molecule has 1 aliphatic heterocycles. The number of carboxylic acids is 1. The second-order valence-corrected chi connectivity index (χ2v) is 5.48. The van der Waals surface area contributed by atoms with E-state index in [4.69, 9.17) is 5.11 Å². The quantitative estimate of drug-likeness (QED) is 0.917. The maximum absolute atomic E-state index is 12.1. The molecule has 0 atom stereocenters. The number of benzene rings is 1. The Labute approximate surface area is 119 Å². The normalized spacial score (nSPS) is 16.1. The number of carbonyl (C=O) groups excluding carboxylic acids is 1. The van der Waals surface area contributed by atoms with Gasteiger partial charge in [0, 0.05) is 19.5 Å². The Hall–Kier alpha value is -1.84. The molecular formula is C16H21NO3. The average Bonchev–Trinajstić information content (AvgIpc) is 2.45. The SMILES string of the molecule is Cc1cccc(CCC(=O)N2CCC(C(=O)O)CC2)c1. The number of hydrogen-bond donors (Lipinski definition) is 1. The molecule has 1 aromatic carbocycles. The third kappa shape index (κ3) is 3.83. The van der Waals surface area contributed by atoms with Gasteiger partial charge < -0.3 is 10.0 Å². The van der Waals surface area contributed by atoms with Crippen LogP contribution in [0, 0.1) is 12.8 Å². The minimum absolute atomic E-state index is 0.135. The van der Waals surface area contributed by atoms with Crippen molar-refractivity contribution in [3.63, 3.8) is 0 Å². The molecule has 2 rings (SSSR count). The number of rotatable bonds is 4. The summed E-state index contributed by atoms with van der Waals surface area (Å²) in [6.45, 7) is 3.19. The standard InChI is InChI=1S/C16H21NO3/c1-12-3-2-4-13(11-12)5-6-15(18)17-9-7-14(8-10-17)16(19)20/h2-4,11,14H,5-10H2,1H3,(H,19,20). The number of aliphatic carboxylic acids is 1. The molecular weight excluding hydrogens is 254 g/mol. The van der Waals surface area contributed by atoms with E-state index in [1.807, 2.05) is 25.1 Å². The average molecular weight is 275 g/mol. The molecule has 1 aliphatic rings. The van der Waals surface area contributed by atoms with Gasteiger partial charge in [0.1, 0.15) is 0 Å². The molecule has 1 N–H and O–H groups in total. The Morgan fingerprint density at radius 2 is 2.00 bits per heavy atom. The van der Waals surface area contributed by atoms with E-state index in [1.165, 1.54) is 11.1 Å². The van der Waals surface area contributed by atoms with Crippen LogP contribution < -0.4 is 0 Å². The van der Waals surface area contributed by atoms with Crippen molar-refractivity contribution in [1.29, 1.82) is 0 Å². The number of nitrogens with zero attached hydrogens (tertiary/aromatic N) is 1. The maximum Gasteiger partial charge on any atom is 0.306 e. The van der Waals surface area contributed by atoms with Gasteiger partial charge in [0.2, 0.25) is 5.91 Å². The largest absolute Gasteiger partial charge is 0.481 e. The highest BCUT2D eigenvalue weighted by Crippen LogP contribution is 2.18. The van der Waals surface area contributed by atoms with Gasteiger partial charge in [-0.15, -0.1) is 0 Å². The zero-order valence-electron chi connectivity index (χ0n) is 11.8. The molecule has 1 saturated heterocycles. The number of piperidine rings is 1. The fourth-order valence-electron chi connectivity index (χ4n) is 2.65. The summed E-state index contributed by atoms with van der Waals surface area (Å²) in [6, 6.07) is 8.19. The molecule has 0 saturated carbocycles. The van der Waals surface area contributed by atoms with Gasteiger partial charge in [0.15, 0.2) is 0 Å². The Bertz CT molecular complexity index is 490. The Kier molecular flexibility index (Phi) is 4.77. The van der Waals surface area contributed by atoms with E-state index in [0.717, 1.165) is 6.42 Å². The predicted molar refractivity (Wildman–Crippen MR) is 76.4 cm³/mol. The zero-order valence-corrected chi connectivity index (χ0v) is 11.8. The number of carbonyl (C=O) groups is 2. The summed E-state index contributed by atoms with van der Waals surface area (Å²) in [5.41, 5.74) is 2.39. The lowest BCUT2D eigenvalue weighted by atomic mass is 9.96. The fraction of sp³-hybridized carbons (Fsp3) is 0.500. The lowest BCUT2D eigenvalue weighted by Crippen LogP contribution is -2.40. The van der Waals surface area contributed by atoms with Gasteiger partial charge >= 0.3 is 5.97 Å². The fourth-order valence-corrected chi connectivity index (χ4v) is 2.65. The molecule has 1 aromatic rings. The van der Waals surface area contributed by atoms with Crippen molar-refractivity contribution < 1.29 is 14.7 Å². The van der Waals surface area contributed by atoms with Gasteiger partial charge in [-0.3, -0.25) is 9.59 Å². The van der Waals surface area contributed by atoms with E-state index in [9.17, 15) is 9.59 Å². The van der Waals surface area contributed by atoms with Gasteiger partial charge in [-0.1, -0.05) is 29.8 Å². The Morgan fingerprint density at radius 1 is 1.30 bits per heavy atom. The highest BCUT2D eigenvalue weighted by atomic mass is 16.4. The molecule has 0 unspecified atom stereocenters. The maximum atomic E-state index is 12.1. The summed E-state index contributed by atoms with van der Waals surface area (Å²) in [5.74, 6) is -0.886. The van der Waals surface area contributed by atoms with Crippen molar-refractivity contribution >= 4 is 11.9 Å². The number of amides is 1. The predicted octanol–water partition coefficient (Wildman–Crippen LogP) is 2.25. The van der Waals surface area contributed by atoms with E-state index in [1.54, 1.807) is 4.90 Å². The lowest BCUT2D eigenvalue weighted by Gasteiger charge is -2.30. The van der Waals surface area contributed by atoms with E-state index in [2.05, 4.69) is 6.07 Å². The molecule has 1 fully saturated rings. The van der Waals surface area contributed by atoms with Crippen molar-refractivity contribution in [2.24, 2.45) is 5.92 Å². The van der Waals surface area contributed by atoms with Crippen LogP contribution in [-0.2, 0) is 16.0 Å². The number of aryl methyl sites for hydroxylation is 2. The second-order valence-electron chi connectivity index (χ2n) is 5.48. The molecule has 0 aliphatic carbocycles. The molecule has 1 amide bonds. The Balaban J connectivity index is 1.80. The highest BCUT2D eigenvalue weighted by molar-refractivity contribution is 5.77. The van der Waals surface area contributed by atoms with Crippen LogP contribution in [0.25, 0.3) is 0 Å². The van der Waals surface area contributed by atoms with Crippen molar-refractivity contribution in [2.45, 2.75) is 32.6 Å². The van der Waals surface area contributed by atoms with Crippen LogP contribution in [0.5, 0.6) is 0 Å². The molecule has 20 heavy (non-hydrogen) atoms. The van der Waals surface area contributed by atoms with E-state index in [-0.39, 0.29) is 11.8 Å². The molecule has 108 valence electrons. The topological polar surface area (TPSA) is 57.6 Å². The van der Waals surface area contributed by atoms with Crippen LogP contribution in [0.2, 0.25) is 0 Å². The van der Waals surface area contributed by atoms with Crippen molar-refractivity contribution in [1.82, 2.24) is 4.90 Å². The minimum atomic E-state index is -0.739. The number of hydrogen-bond acceptors (Lipinski definition) is 2. The Morgan fingerprint density at radius 3 is 2.60 bits per heavy atom. The third-order valence-corrected chi connectivity index (χ3v) is 3.91. The van der Waals surface area contributed by atoms with Crippen LogP contribution in [0.1, 0.15) is 30.4 Å². The first kappa shape index (κ1) is 14.6. The van der Waals surface area contributed by atoms with Crippen LogP contribution in [0.3, 0.4) is 0 Å². The molecule has 0 bridgehead atoms. The molecule has 1 heterocycles. The first-order chi connectivity index (χ1) is 9.56. The van der Waals surface area contributed by atoms with Crippen LogP contribution >= 0.6 is 0 Å². The number of likely N-dealkylation sites (tertiary alicyclic amines) is 1. The first-order valence-electron chi connectivity index (χ1n) is 7.12. The van der Waals surface area contributed by atoms with Crippen LogP contribution in [0.4, 0.5) is 0 Å². The molecule has 4 nitrogen and oxygen atoms in total. The van der Waals surface area contributed by atoms with Crippen molar-refractivity contribution in [2.75, 3.05) is 13.1 Å².